The molecule has 0 saturated carbocycles. The van der Waals surface area contributed by atoms with E-state index in [9.17, 15) is 0 Å². The summed E-state index contributed by atoms with van der Waals surface area (Å²) in [5.41, 5.74) is 1.57. The lowest BCUT2D eigenvalue weighted by Gasteiger charge is -1.95. The van der Waals surface area contributed by atoms with E-state index in [-0.39, 0.29) is 0 Å². The molecule has 0 amide bonds. The van der Waals surface area contributed by atoms with Crippen molar-refractivity contribution >= 4 is 34.7 Å². The number of hydrogen-bond acceptors (Lipinski definition) is 3. The van der Waals surface area contributed by atoms with E-state index in [1.165, 1.54) is 0 Å². The van der Waals surface area contributed by atoms with Gasteiger partial charge < -0.3 is 0 Å². The molecule has 0 aliphatic heterocycles. The van der Waals surface area contributed by atoms with Crippen molar-refractivity contribution in [3.05, 3.63) is 23.0 Å². The third-order valence-corrected chi connectivity index (χ3v) is 1.66. The summed E-state index contributed by atoms with van der Waals surface area (Å²) in [5.74, 6) is 0. The average Bonchev–Trinajstić information content (AvgIpc) is 1.98. The van der Waals surface area contributed by atoms with Crippen LogP contribution in [0.3, 0.4) is 0 Å². The molecule has 56 valence electrons. The molecule has 0 spiro atoms. The molecule has 2 nitrogen and oxygen atoms in total. The maximum atomic E-state index is 5.68. The van der Waals surface area contributed by atoms with E-state index in [4.69, 9.17) is 11.6 Å². The highest BCUT2D eigenvalue weighted by Gasteiger charge is 1.95. The Morgan fingerprint density at radius 2 is 2.45 bits per heavy atom. The molecule has 1 aromatic heterocycles. The lowest BCUT2D eigenvalue weighted by Crippen LogP contribution is -1.78. The highest BCUT2D eigenvalue weighted by atomic mass is 35.5. The van der Waals surface area contributed by atoms with Crippen molar-refractivity contribution < 1.29 is 0 Å². The summed E-state index contributed by atoms with van der Waals surface area (Å²) in [6.07, 6.45) is 1.55. The number of thiocarbonyl (C=S) groups is 1. The van der Waals surface area contributed by atoms with Crippen LogP contribution in [0.1, 0.15) is 5.56 Å². The maximum Gasteiger partial charge on any atom is 0.132 e. The fourth-order valence-electron chi connectivity index (χ4n) is 0.657. The molecule has 0 N–H and O–H groups in total. The van der Waals surface area contributed by atoms with Gasteiger partial charge in [-0.1, -0.05) is 11.6 Å². The van der Waals surface area contributed by atoms with E-state index in [1.54, 1.807) is 12.3 Å². The van der Waals surface area contributed by atoms with Crippen LogP contribution in [0, 0.1) is 6.92 Å². The summed E-state index contributed by atoms with van der Waals surface area (Å²) in [5, 5.41) is 2.75. The first-order chi connectivity index (χ1) is 5.24. The van der Waals surface area contributed by atoms with Crippen LogP contribution in [0.15, 0.2) is 17.3 Å². The molecule has 1 heterocycles. The molecule has 11 heavy (non-hydrogen) atoms. The predicted molar refractivity (Wildman–Crippen MR) is 48.7 cm³/mol. The number of hydrogen-bond donors (Lipinski definition) is 0. The van der Waals surface area contributed by atoms with Gasteiger partial charge in [0.1, 0.15) is 5.15 Å². The lowest BCUT2D eigenvalue weighted by atomic mass is 10.3. The smallest absolute Gasteiger partial charge is 0.132 e. The number of aromatic nitrogens is 1. The van der Waals surface area contributed by atoms with Gasteiger partial charge in [-0.3, -0.25) is 0 Å². The van der Waals surface area contributed by atoms with Gasteiger partial charge in [0.05, 0.1) is 17.0 Å². The van der Waals surface area contributed by atoms with Crippen LogP contribution >= 0.6 is 23.8 Å². The maximum absolute atomic E-state index is 5.68. The van der Waals surface area contributed by atoms with Crippen LogP contribution in [-0.4, -0.2) is 10.1 Å². The molecule has 4 heteroatoms. The van der Waals surface area contributed by atoms with E-state index < -0.39 is 0 Å². The number of rotatable bonds is 1. The molecule has 0 aromatic carbocycles. The minimum absolute atomic E-state index is 0.494. The zero-order valence-electron chi connectivity index (χ0n) is 5.84. The molecule has 0 saturated heterocycles. The van der Waals surface area contributed by atoms with E-state index in [0.717, 1.165) is 5.56 Å². The molecule has 0 radical (unpaired) electrons. The number of pyridine rings is 1. The zero-order chi connectivity index (χ0) is 8.27. The van der Waals surface area contributed by atoms with Crippen LogP contribution in [0.5, 0.6) is 0 Å². The van der Waals surface area contributed by atoms with Crippen molar-refractivity contribution in [2.75, 3.05) is 0 Å². The lowest BCUT2D eigenvalue weighted by molar-refractivity contribution is 1.25. The first-order valence-corrected chi connectivity index (χ1v) is 3.72. The number of nitrogens with zero attached hydrogens (tertiary/aromatic N) is 2. The molecule has 1 aromatic rings. The van der Waals surface area contributed by atoms with Gasteiger partial charge in [-0.15, -0.1) is 0 Å². The predicted octanol–water partition coefficient (Wildman–Crippen LogP) is 2.78. The summed E-state index contributed by atoms with van der Waals surface area (Å²) in [6, 6.07) is 1.80. The van der Waals surface area contributed by atoms with Gasteiger partial charge >= 0.3 is 0 Å². The molecule has 0 fully saturated rings. The Kier molecular flexibility index (Phi) is 2.71. The quantitative estimate of drug-likeness (QED) is 0.381. The monoisotopic (exact) mass is 184 g/mol. The standard InChI is InChI=1S/C7H5ClN2S/c1-5-2-6(10-4-11)3-9-7(5)8/h2-3H,1H3. The SMILES string of the molecule is Cc1cc(N=C=S)cnc1Cl. The molecule has 0 unspecified atom stereocenters. The first-order valence-electron chi connectivity index (χ1n) is 2.94. The number of isothiocyanates is 1. The van der Waals surface area contributed by atoms with Gasteiger partial charge in [0.25, 0.3) is 0 Å². The van der Waals surface area contributed by atoms with Crippen LogP contribution in [0.2, 0.25) is 5.15 Å². The Morgan fingerprint density at radius 3 is 3.00 bits per heavy atom. The van der Waals surface area contributed by atoms with E-state index in [2.05, 4.69) is 27.4 Å². The van der Waals surface area contributed by atoms with Crippen LogP contribution in [0.25, 0.3) is 0 Å². The average molecular weight is 185 g/mol. The number of aliphatic imine (C=N–C) groups is 1. The molecule has 1 rings (SSSR count). The fourth-order valence-corrected chi connectivity index (χ4v) is 0.866. The Hall–Kier alpha value is -0.760. The van der Waals surface area contributed by atoms with E-state index >= 15 is 0 Å². The second-order valence-corrected chi connectivity index (χ2v) is 2.54. The number of aryl methyl sites for hydroxylation is 1. The minimum atomic E-state index is 0.494. The van der Waals surface area contributed by atoms with Crippen LogP contribution in [-0.2, 0) is 0 Å². The van der Waals surface area contributed by atoms with Gasteiger partial charge in [-0.2, -0.15) is 4.99 Å². The van der Waals surface area contributed by atoms with Crippen LogP contribution in [0.4, 0.5) is 5.69 Å². The molecule has 0 atom stereocenters. The highest BCUT2D eigenvalue weighted by molar-refractivity contribution is 7.78. The van der Waals surface area contributed by atoms with E-state index in [0.29, 0.717) is 10.8 Å². The number of halogens is 1. The zero-order valence-corrected chi connectivity index (χ0v) is 7.41. The van der Waals surface area contributed by atoms with Crippen molar-refractivity contribution in [1.29, 1.82) is 0 Å². The molecular weight excluding hydrogens is 180 g/mol. The third-order valence-electron chi connectivity index (χ3n) is 1.17. The van der Waals surface area contributed by atoms with Gasteiger partial charge in [0.15, 0.2) is 0 Å². The third kappa shape index (κ3) is 2.09. The second kappa shape index (κ2) is 3.58. The summed E-state index contributed by atoms with van der Waals surface area (Å²) >= 11 is 10.1. The van der Waals surface area contributed by atoms with Crippen molar-refractivity contribution in [3.63, 3.8) is 0 Å². The normalized spacial score (nSPS) is 8.91. The van der Waals surface area contributed by atoms with Crippen molar-refractivity contribution in [2.45, 2.75) is 6.92 Å². The Labute approximate surface area is 74.9 Å². The van der Waals surface area contributed by atoms with Gasteiger partial charge in [-0.25, -0.2) is 4.98 Å². The Balaban J connectivity index is 3.14. The molecule has 0 aliphatic rings. The van der Waals surface area contributed by atoms with Gasteiger partial charge in [0, 0.05) is 0 Å². The van der Waals surface area contributed by atoms with E-state index in [1.807, 2.05) is 6.92 Å². The minimum Gasteiger partial charge on any atom is -0.242 e. The summed E-state index contributed by atoms with van der Waals surface area (Å²) in [7, 11) is 0. The largest absolute Gasteiger partial charge is 0.242 e. The van der Waals surface area contributed by atoms with Gasteiger partial charge in [-0.05, 0) is 30.8 Å². The summed E-state index contributed by atoms with van der Waals surface area (Å²) in [4.78, 5) is 7.63. The Morgan fingerprint density at radius 1 is 1.73 bits per heavy atom. The molecule has 0 bridgehead atoms. The van der Waals surface area contributed by atoms with Crippen LogP contribution < -0.4 is 0 Å². The fraction of sp³-hybridized carbons (Fsp3) is 0.143. The molecular formula is C7H5ClN2S. The second-order valence-electron chi connectivity index (χ2n) is 2.00. The summed E-state index contributed by atoms with van der Waals surface area (Å²) in [6.45, 7) is 1.86. The van der Waals surface area contributed by atoms with Crippen molar-refractivity contribution in [3.8, 4) is 0 Å². The topological polar surface area (TPSA) is 25.2 Å². The van der Waals surface area contributed by atoms with Crippen molar-refractivity contribution in [2.24, 2.45) is 4.99 Å². The first kappa shape index (κ1) is 8.34. The Bertz CT molecular complexity index is 318. The van der Waals surface area contributed by atoms with Gasteiger partial charge in [0.2, 0.25) is 0 Å². The summed E-state index contributed by atoms with van der Waals surface area (Å²) < 4.78 is 0. The molecule has 0 aliphatic carbocycles. The highest BCUT2D eigenvalue weighted by Crippen LogP contribution is 2.17. The van der Waals surface area contributed by atoms with Crippen molar-refractivity contribution in [1.82, 2.24) is 4.98 Å².